The lowest BCUT2D eigenvalue weighted by Crippen LogP contribution is -2.40. The summed E-state index contributed by atoms with van der Waals surface area (Å²) in [7, 11) is 0. The predicted molar refractivity (Wildman–Crippen MR) is 234 cm³/mol. The van der Waals surface area contributed by atoms with E-state index in [2.05, 4.69) is 31.3 Å². The zero-order valence-electron chi connectivity index (χ0n) is 36.5. The second kappa shape index (κ2) is 43.2. The number of amides is 1. The van der Waals surface area contributed by atoms with Crippen molar-refractivity contribution in [1.82, 2.24) is 5.32 Å². The number of carbonyl (C=O) groups is 3. The number of esters is 1. The summed E-state index contributed by atoms with van der Waals surface area (Å²) in [6.45, 7) is 4.95. The highest BCUT2D eigenvalue weighted by molar-refractivity contribution is 5.83. The van der Waals surface area contributed by atoms with Crippen LogP contribution in [0.25, 0.3) is 0 Å². The summed E-state index contributed by atoms with van der Waals surface area (Å²) in [5.41, 5.74) is 5.49. The van der Waals surface area contributed by atoms with E-state index in [4.69, 9.17) is 10.5 Å². The van der Waals surface area contributed by atoms with Crippen LogP contribution in [-0.2, 0) is 19.1 Å². The van der Waals surface area contributed by atoms with Crippen molar-refractivity contribution in [2.45, 2.75) is 270 Å². The van der Waals surface area contributed by atoms with E-state index in [9.17, 15) is 19.5 Å². The van der Waals surface area contributed by atoms with Crippen LogP contribution in [0.4, 0.5) is 0 Å². The van der Waals surface area contributed by atoms with Crippen molar-refractivity contribution < 1.29 is 24.2 Å². The third kappa shape index (κ3) is 40.1. The van der Waals surface area contributed by atoms with Crippen molar-refractivity contribution >= 4 is 17.8 Å². The molecule has 7 heteroatoms. The highest BCUT2D eigenvalue weighted by atomic mass is 16.5. The molecule has 0 aliphatic rings. The van der Waals surface area contributed by atoms with Gasteiger partial charge in [0.05, 0.1) is 0 Å². The van der Waals surface area contributed by atoms with Crippen molar-refractivity contribution in [1.29, 1.82) is 0 Å². The van der Waals surface area contributed by atoms with E-state index in [0.29, 0.717) is 38.6 Å². The number of aliphatic carboxylic acids is 1. The summed E-state index contributed by atoms with van der Waals surface area (Å²) in [6.07, 6.45) is 48.6. The summed E-state index contributed by atoms with van der Waals surface area (Å²) in [4.78, 5) is 36.4. The molecule has 7 nitrogen and oxygen atoms in total. The van der Waals surface area contributed by atoms with E-state index in [-0.39, 0.29) is 18.0 Å². The summed E-state index contributed by atoms with van der Waals surface area (Å²) in [5, 5.41) is 11.9. The molecule has 0 bridgehead atoms. The standard InChI is InChI=1S/C48H92N2O5/c1-3-5-7-9-11-13-14-15-16-17-18-19-20-21-22-23-24-26-28-30-36-42-47(52)55-44(38-33-29-27-25-12-10-8-6-4-2)39-34-31-32-35-41-46(51)50-45(48(53)54)40-37-43-49/h33,38,44-45H,3-32,34-37,39-43,49H2,1-2H3,(H,50,51)(H,53,54)/b38-33-. The predicted octanol–water partition coefficient (Wildman–Crippen LogP) is 13.8. The Balaban J connectivity index is 4.12. The van der Waals surface area contributed by atoms with Crippen LogP contribution in [0.15, 0.2) is 12.2 Å². The quantitative estimate of drug-likeness (QED) is 0.0322. The Kier molecular flexibility index (Phi) is 41.8. The number of carboxylic acid groups (broad SMARTS) is 1. The highest BCUT2D eigenvalue weighted by Gasteiger charge is 2.19. The molecule has 324 valence electrons. The Morgan fingerprint density at radius 1 is 0.527 bits per heavy atom. The minimum Gasteiger partial charge on any atom is -0.480 e. The van der Waals surface area contributed by atoms with Gasteiger partial charge in [0, 0.05) is 12.8 Å². The van der Waals surface area contributed by atoms with Gasteiger partial charge in [-0.15, -0.1) is 0 Å². The number of nitrogens with one attached hydrogen (secondary N) is 1. The molecule has 1 amide bonds. The molecule has 0 radical (unpaired) electrons. The van der Waals surface area contributed by atoms with Crippen molar-refractivity contribution in [2.24, 2.45) is 5.73 Å². The van der Waals surface area contributed by atoms with Gasteiger partial charge in [0.2, 0.25) is 5.91 Å². The van der Waals surface area contributed by atoms with Gasteiger partial charge in [-0.25, -0.2) is 4.79 Å². The van der Waals surface area contributed by atoms with Gasteiger partial charge in [-0.05, 0) is 64.0 Å². The van der Waals surface area contributed by atoms with Crippen LogP contribution in [0.5, 0.6) is 0 Å². The molecule has 0 aromatic carbocycles. The zero-order valence-corrected chi connectivity index (χ0v) is 36.5. The molecule has 0 heterocycles. The summed E-state index contributed by atoms with van der Waals surface area (Å²) >= 11 is 0. The van der Waals surface area contributed by atoms with Crippen LogP contribution >= 0.6 is 0 Å². The number of ether oxygens (including phenoxy) is 1. The maximum Gasteiger partial charge on any atom is 0.326 e. The Hall–Kier alpha value is -1.89. The third-order valence-electron chi connectivity index (χ3n) is 11.1. The largest absolute Gasteiger partial charge is 0.480 e. The number of unbranched alkanes of at least 4 members (excludes halogenated alkanes) is 30. The normalized spacial score (nSPS) is 12.6. The van der Waals surface area contributed by atoms with E-state index < -0.39 is 12.0 Å². The lowest BCUT2D eigenvalue weighted by atomic mass is 10.0. The molecule has 0 saturated heterocycles. The van der Waals surface area contributed by atoms with Crippen LogP contribution in [0, 0.1) is 0 Å². The Bertz CT molecular complexity index is 878. The molecule has 2 unspecified atom stereocenters. The Morgan fingerprint density at radius 3 is 1.36 bits per heavy atom. The van der Waals surface area contributed by atoms with E-state index in [1.165, 1.54) is 167 Å². The smallest absolute Gasteiger partial charge is 0.326 e. The maximum atomic E-state index is 12.8. The van der Waals surface area contributed by atoms with E-state index >= 15 is 0 Å². The molecule has 0 fully saturated rings. The lowest BCUT2D eigenvalue weighted by Gasteiger charge is -2.15. The topological polar surface area (TPSA) is 119 Å². The molecule has 2 atom stereocenters. The molecule has 0 saturated carbocycles. The fourth-order valence-corrected chi connectivity index (χ4v) is 7.42. The molecule has 0 rings (SSSR count). The average molecular weight is 777 g/mol. The first-order chi connectivity index (χ1) is 26.9. The number of hydrogen-bond acceptors (Lipinski definition) is 5. The fraction of sp³-hybridized carbons (Fsp3) is 0.896. The molecular weight excluding hydrogens is 685 g/mol. The SMILES string of the molecule is CCCCCCCCC/C=C\C(CCCCCCC(=O)NC(CCCN)C(=O)O)OC(=O)CCCCCCCCCCCCCCCCCCCCCCC. The van der Waals surface area contributed by atoms with Crippen LogP contribution in [0.1, 0.15) is 258 Å². The summed E-state index contributed by atoms with van der Waals surface area (Å²) in [6, 6.07) is -0.868. The molecule has 55 heavy (non-hydrogen) atoms. The van der Waals surface area contributed by atoms with Gasteiger partial charge in [0.15, 0.2) is 0 Å². The molecule has 0 aliphatic carbocycles. The molecular formula is C48H92N2O5. The van der Waals surface area contributed by atoms with Gasteiger partial charge in [0.25, 0.3) is 0 Å². The van der Waals surface area contributed by atoms with Crippen molar-refractivity contribution in [3.63, 3.8) is 0 Å². The van der Waals surface area contributed by atoms with Gasteiger partial charge in [-0.2, -0.15) is 0 Å². The Labute approximate surface area is 340 Å². The number of nitrogens with two attached hydrogens (primary N) is 1. The minimum absolute atomic E-state index is 0.0809. The molecule has 0 spiro atoms. The number of allylic oxidation sites excluding steroid dienone is 1. The van der Waals surface area contributed by atoms with Crippen LogP contribution in [0.2, 0.25) is 0 Å². The van der Waals surface area contributed by atoms with Crippen molar-refractivity contribution in [3.05, 3.63) is 12.2 Å². The first-order valence-corrected chi connectivity index (χ1v) is 24.0. The van der Waals surface area contributed by atoms with E-state index in [1.54, 1.807) is 0 Å². The number of hydrogen-bond donors (Lipinski definition) is 3. The Morgan fingerprint density at radius 2 is 0.927 bits per heavy atom. The second-order valence-corrected chi connectivity index (χ2v) is 16.5. The van der Waals surface area contributed by atoms with Crippen molar-refractivity contribution in [3.8, 4) is 0 Å². The summed E-state index contributed by atoms with van der Waals surface area (Å²) in [5.74, 6) is -1.31. The second-order valence-electron chi connectivity index (χ2n) is 16.5. The van der Waals surface area contributed by atoms with Gasteiger partial charge >= 0.3 is 11.9 Å². The van der Waals surface area contributed by atoms with Crippen molar-refractivity contribution in [2.75, 3.05) is 6.54 Å². The third-order valence-corrected chi connectivity index (χ3v) is 11.1. The minimum atomic E-state index is -1.01. The number of carboxylic acids is 1. The van der Waals surface area contributed by atoms with Crippen LogP contribution < -0.4 is 11.1 Å². The fourth-order valence-electron chi connectivity index (χ4n) is 7.42. The zero-order chi connectivity index (χ0) is 40.3. The number of rotatable bonds is 44. The van der Waals surface area contributed by atoms with E-state index in [0.717, 1.165) is 44.9 Å². The van der Waals surface area contributed by atoms with Crippen LogP contribution in [-0.4, -0.2) is 41.6 Å². The number of carbonyl (C=O) groups excluding carboxylic acids is 2. The maximum absolute atomic E-state index is 12.8. The van der Waals surface area contributed by atoms with Gasteiger partial charge in [0.1, 0.15) is 12.1 Å². The first-order valence-electron chi connectivity index (χ1n) is 24.0. The van der Waals surface area contributed by atoms with Crippen LogP contribution in [0.3, 0.4) is 0 Å². The molecule has 0 aromatic rings. The molecule has 0 aromatic heterocycles. The first kappa shape index (κ1) is 53.1. The highest BCUT2D eigenvalue weighted by Crippen LogP contribution is 2.17. The molecule has 0 aliphatic heterocycles. The van der Waals surface area contributed by atoms with Gasteiger partial charge in [-0.1, -0.05) is 200 Å². The monoisotopic (exact) mass is 777 g/mol. The van der Waals surface area contributed by atoms with E-state index in [1.807, 2.05) is 0 Å². The van der Waals surface area contributed by atoms with Gasteiger partial charge < -0.3 is 20.9 Å². The summed E-state index contributed by atoms with van der Waals surface area (Å²) < 4.78 is 5.96. The van der Waals surface area contributed by atoms with Gasteiger partial charge in [-0.3, -0.25) is 9.59 Å². The molecule has 4 N–H and O–H groups in total. The lowest BCUT2D eigenvalue weighted by molar-refractivity contribution is -0.147. The average Bonchev–Trinajstić information content (AvgIpc) is 3.17.